The molecule has 0 aliphatic heterocycles. The second kappa shape index (κ2) is 5.69. The van der Waals surface area contributed by atoms with Gasteiger partial charge in [0.05, 0.1) is 11.0 Å². The number of rotatable bonds is 3. The van der Waals surface area contributed by atoms with E-state index in [0.29, 0.717) is 26.6 Å². The molecule has 0 aliphatic rings. The van der Waals surface area contributed by atoms with Crippen LogP contribution in [-0.2, 0) is 6.42 Å². The van der Waals surface area contributed by atoms with Crippen LogP contribution in [0.4, 0.5) is 4.39 Å². The number of benzene rings is 2. The maximum atomic E-state index is 13.3. The van der Waals surface area contributed by atoms with E-state index in [2.05, 4.69) is 25.9 Å². The minimum atomic E-state index is -0.362. The summed E-state index contributed by atoms with van der Waals surface area (Å²) in [6.07, 6.45) is 3.24. The Labute approximate surface area is 129 Å². The second-order valence-corrected chi connectivity index (χ2v) is 5.42. The minimum Gasteiger partial charge on any atom is -0.294 e. The lowest BCUT2D eigenvalue weighted by Crippen LogP contribution is -2.06. The van der Waals surface area contributed by atoms with Crippen LogP contribution >= 0.6 is 15.9 Å². The predicted molar refractivity (Wildman–Crippen MR) is 81.7 cm³/mol. The first-order valence-electron chi connectivity index (χ1n) is 6.32. The molecule has 0 bridgehead atoms. The zero-order valence-corrected chi connectivity index (χ0v) is 12.5. The van der Waals surface area contributed by atoms with E-state index < -0.39 is 0 Å². The van der Waals surface area contributed by atoms with E-state index in [-0.39, 0.29) is 18.0 Å². The molecule has 3 rings (SSSR count). The van der Waals surface area contributed by atoms with Crippen molar-refractivity contribution in [2.75, 3.05) is 0 Å². The van der Waals surface area contributed by atoms with Gasteiger partial charge in [-0.2, -0.15) is 0 Å². The van der Waals surface area contributed by atoms with E-state index in [1.807, 2.05) is 0 Å². The Bertz CT molecular complexity index is 830. The van der Waals surface area contributed by atoms with E-state index >= 15 is 0 Å². The topological polar surface area (TPSA) is 42.9 Å². The molecule has 0 amide bonds. The summed E-state index contributed by atoms with van der Waals surface area (Å²) in [4.78, 5) is 20.9. The molecule has 5 heteroatoms. The number of ketones is 1. The average Bonchev–Trinajstić information content (AvgIpc) is 2.50. The van der Waals surface area contributed by atoms with Gasteiger partial charge in [0.1, 0.15) is 5.82 Å². The van der Waals surface area contributed by atoms with E-state index in [4.69, 9.17) is 0 Å². The molecule has 0 saturated heterocycles. The summed E-state index contributed by atoms with van der Waals surface area (Å²) in [5.74, 6) is -0.480. The number of halogens is 2. The van der Waals surface area contributed by atoms with Gasteiger partial charge in [-0.1, -0.05) is 22.0 Å². The van der Waals surface area contributed by atoms with Crippen LogP contribution in [0.2, 0.25) is 0 Å². The van der Waals surface area contributed by atoms with E-state index in [1.165, 1.54) is 12.1 Å². The first-order valence-corrected chi connectivity index (χ1v) is 7.11. The lowest BCUT2D eigenvalue weighted by molar-refractivity contribution is 0.0994. The van der Waals surface area contributed by atoms with Gasteiger partial charge >= 0.3 is 0 Å². The zero-order chi connectivity index (χ0) is 14.8. The third-order valence-corrected chi connectivity index (χ3v) is 3.93. The number of hydrogen-bond acceptors (Lipinski definition) is 3. The third kappa shape index (κ3) is 2.83. The van der Waals surface area contributed by atoms with Gasteiger partial charge in [-0.15, -0.1) is 0 Å². The smallest absolute Gasteiger partial charge is 0.169 e. The van der Waals surface area contributed by atoms with Crippen molar-refractivity contribution in [3.8, 4) is 0 Å². The number of carbonyl (C=O) groups is 1. The Balaban J connectivity index is 1.99. The molecule has 0 spiro atoms. The number of hydrogen-bond donors (Lipinski definition) is 0. The molecule has 0 fully saturated rings. The third-order valence-electron chi connectivity index (χ3n) is 3.16. The Morgan fingerprint density at radius 3 is 2.81 bits per heavy atom. The molecule has 3 aromatic rings. The highest BCUT2D eigenvalue weighted by Gasteiger charge is 2.14. The van der Waals surface area contributed by atoms with Crippen molar-refractivity contribution in [3.05, 3.63) is 70.2 Å². The van der Waals surface area contributed by atoms with Crippen molar-refractivity contribution in [1.29, 1.82) is 0 Å². The molecule has 3 nitrogen and oxygen atoms in total. The lowest BCUT2D eigenvalue weighted by atomic mass is 10.0. The average molecular weight is 345 g/mol. The van der Waals surface area contributed by atoms with Crippen LogP contribution in [0.3, 0.4) is 0 Å². The highest BCUT2D eigenvalue weighted by atomic mass is 79.9. The maximum absolute atomic E-state index is 13.3. The highest BCUT2D eigenvalue weighted by molar-refractivity contribution is 9.10. The van der Waals surface area contributed by atoms with Crippen LogP contribution in [-0.4, -0.2) is 15.8 Å². The van der Waals surface area contributed by atoms with Crippen molar-refractivity contribution in [2.24, 2.45) is 0 Å². The largest absolute Gasteiger partial charge is 0.294 e. The van der Waals surface area contributed by atoms with Crippen LogP contribution in [0.25, 0.3) is 11.0 Å². The summed E-state index contributed by atoms with van der Waals surface area (Å²) < 4.78 is 14.0. The van der Waals surface area contributed by atoms with Gasteiger partial charge in [-0.25, -0.2) is 4.39 Å². The first kappa shape index (κ1) is 13.8. The van der Waals surface area contributed by atoms with Crippen molar-refractivity contribution in [2.45, 2.75) is 6.42 Å². The van der Waals surface area contributed by atoms with E-state index in [0.717, 1.165) is 0 Å². The number of fused-ring (bicyclic) bond motifs is 1. The summed E-state index contributed by atoms with van der Waals surface area (Å²) in [5.41, 5.74) is 2.34. The fourth-order valence-corrected chi connectivity index (χ4v) is 2.55. The molecular formula is C16H10BrFN2O. The van der Waals surface area contributed by atoms with Crippen molar-refractivity contribution >= 4 is 32.7 Å². The van der Waals surface area contributed by atoms with Crippen LogP contribution < -0.4 is 0 Å². The quantitative estimate of drug-likeness (QED) is 0.675. The molecule has 0 N–H and O–H groups in total. The summed E-state index contributed by atoms with van der Waals surface area (Å²) in [6.45, 7) is 0. The molecule has 0 aliphatic carbocycles. The number of aromatic nitrogens is 2. The normalized spacial score (nSPS) is 10.8. The standard InChI is InChI=1S/C16H10BrFN2O/c17-13-5-4-11(18)8-10(13)9-15(21)12-2-1-3-14-16(12)20-7-6-19-14/h1-8H,9H2. The zero-order valence-electron chi connectivity index (χ0n) is 10.9. The molecule has 0 unspecified atom stereocenters. The molecule has 21 heavy (non-hydrogen) atoms. The molecular weight excluding hydrogens is 335 g/mol. The molecule has 2 aromatic carbocycles. The van der Waals surface area contributed by atoms with Crippen molar-refractivity contribution in [3.63, 3.8) is 0 Å². The predicted octanol–water partition coefficient (Wildman–Crippen LogP) is 3.96. The Morgan fingerprint density at radius 1 is 1.14 bits per heavy atom. The minimum absolute atomic E-state index is 0.105. The lowest BCUT2D eigenvalue weighted by Gasteiger charge is -2.06. The van der Waals surface area contributed by atoms with Gasteiger partial charge in [0.15, 0.2) is 5.78 Å². The van der Waals surface area contributed by atoms with Gasteiger partial charge in [-0.3, -0.25) is 14.8 Å². The molecule has 0 radical (unpaired) electrons. The van der Waals surface area contributed by atoms with Crippen LogP contribution in [0, 0.1) is 5.82 Å². The Hall–Kier alpha value is -2.14. The van der Waals surface area contributed by atoms with Crippen molar-refractivity contribution < 1.29 is 9.18 Å². The molecule has 104 valence electrons. The number of carbonyl (C=O) groups excluding carboxylic acids is 1. The van der Waals surface area contributed by atoms with E-state index in [1.54, 1.807) is 36.7 Å². The number of para-hydroxylation sites is 1. The Morgan fingerprint density at radius 2 is 1.95 bits per heavy atom. The van der Waals surface area contributed by atoms with Crippen molar-refractivity contribution in [1.82, 2.24) is 9.97 Å². The first-order chi connectivity index (χ1) is 10.1. The van der Waals surface area contributed by atoms with Gasteiger partial charge in [0, 0.05) is 28.9 Å². The molecule has 0 saturated carbocycles. The summed E-state index contributed by atoms with van der Waals surface area (Å²) >= 11 is 3.33. The SMILES string of the molecule is O=C(Cc1cc(F)ccc1Br)c1cccc2nccnc12. The fraction of sp³-hybridized carbons (Fsp3) is 0.0625. The monoisotopic (exact) mass is 344 g/mol. The summed E-state index contributed by atoms with van der Waals surface area (Å²) in [6, 6.07) is 9.59. The van der Waals surface area contributed by atoms with Crippen LogP contribution in [0.5, 0.6) is 0 Å². The van der Waals surface area contributed by atoms with Crippen LogP contribution in [0.15, 0.2) is 53.3 Å². The van der Waals surface area contributed by atoms with Crippen LogP contribution in [0.1, 0.15) is 15.9 Å². The van der Waals surface area contributed by atoms with Gasteiger partial charge in [0.25, 0.3) is 0 Å². The number of Topliss-reactive ketones (excluding diaryl/α,β-unsaturated/α-hetero) is 1. The summed E-state index contributed by atoms with van der Waals surface area (Å²) in [5, 5.41) is 0. The molecule has 1 heterocycles. The van der Waals surface area contributed by atoms with Gasteiger partial charge in [-0.05, 0) is 35.9 Å². The van der Waals surface area contributed by atoms with Gasteiger partial charge < -0.3 is 0 Å². The van der Waals surface area contributed by atoms with E-state index in [9.17, 15) is 9.18 Å². The highest BCUT2D eigenvalue weighted by Crippen LogP contribution is 2.21. The summed E-state index contributed by atoms with van der Waals surface area (Å²) in [7, 11) is 0. The van der Waals surface area contributed by atoms with Gasteiger partial charge in [0.2, 0.25) is 0 Å². The number of nitrogens with zero attached hydrogens (tertiary/aromatic N) is 2. The second-order valence-electron chi connectivity index (χ2n) is 4.57. The Kier molecular flexibility index (Phi) is 3.75. The maximum Gasteiger partial charge on any atom is 0.169 e. The molecule has 1 aromatic heterocycles. The fourth-order valence-electron chi connectivity index (χ4n) is 2.16. The molecule has 0 atom stereocenters.